The third kappa shape index (κ3) is 2.90. The summed E-state index contributed by atoms with van der Waals surface area (Å²) in [5, 5.41) is 12.2. The summed E-state index contributed by atoms with van der Waals surface area (Å²) in [5.74, 6) is 0.338. The second kappa shape index (κ2) is 5.02. The van der Waals surface area contributed by atoms with Gasteiger partial charge in [0.2, 0.25) is 0 Å². The first-order valence-electron chi connectivity index (χ1n) is 4.44. The van der Waals surface area contributed by atoms with Crippen LogP contribution in [0, 0.1) is 11.3 Å². The molecule has 0 spiro atoms. The van der Waals surface area contributed by atoms with Crippen LogP contribution in [0.2, 0.25) is 0 Å². The lowest BCUT2D eigenvalue weighted by Crippen LogP contribution is -2.22. The Kier molecular flexibility index (Phi) is 3.68. The minimum atomic E-state index is -0.156. The zero-order valence-electron chi connectivity index (χ0n) is 7.81. The molecule has 14 heavy (non-hydrogen) atoms. The molecule has 0 aromatic carbocycles. The van der Waals surface area contributed by atoms with Crippen LogP contribution in [0.3, 0.4) is 0 Å². The molecular weight excluding hydrogens is 180 g/mol. The van der Waals surface area contributed by atoms with Crippen molar-refractivity contribution >= 4 is 5.82 Å². The van der Waals surface area contributed by atoms with Crippen LogP contribution in [0.15, 0.2) is 16.9 Å². The highest BCUT2D eigenvalue weighted by molar-refractivity contribution is 5.23. The van der Waals surface area contributed by atoms with Crippen molar-refractivity contribution in [3.8, 4) is 6.07 Å². The van der Waals surface area contributed by atoms with E-state index in [4.69, 9.17) is 11.0 Å². The number of nitrogen functional groups attached to an aromatic ring is 1. The predicted octanol–water partition coefficient (Wildman–Crippen LogP) is 0.519. The molecule has 5 nitrogen and oxygen atoms in total. The Balaban J connectivity index is 2.55. The fraction of sp³-hybridized carbons (Fsp3) is 0.444. The van der Waals surface area contributed by atoms with Crippen LogP contribution in [0.1, 0.15) is 19.3 Å². The molecule has 74 valence electrons. The minimum Gasteiger partial charge on any atom is -0.382 e. The van der Waals surface area contributed by atoms with Gasteiger partial charge >= 0.3 is 0 Å². The Morgan fingerprint density at radius 2 is 2.29 bits per heavy atom. The Bertz CT molecular complexity index is 391. The molecule has 1 aromatic rings. The van der Waals surface area contributed by atoms with Gasteiger partial charge in [0, 0.05) is 19.0 Å². The number of unbranched alkanes of at least 4 members (excludes halogenated alkanes) is 2. The van der Waals surface area contributed by atoms with Gasteiger partial charge in [-0.15, -0.1) is 0 Å². The zero-order chi connectivity index (χ0) is 10.4. The number of nitriles is 1. The SMILES string of the molecule is N#CCCCCn1nc(N)ccc1=O. The van der Waals surface area contributed by atoms with Gasteiger partial charge in [-0.3, -0.25) is 4.79 Å². The van der Waals surface area contributed by atoms with Crippen molar-refractivity contribution in [3.63, 3.8) is 0 Å². The predicted molar refractivity (Wildman–Crippen MR) is 52.4 cm³/mol. The van der Waals surface area contributed by atoms with Crippen molar-refractivity contribution in [2.45, 2.75) is 25.8 Å². The van der Waals surface area contributed by atoms with E-state index in [1.54, 1.807) is 0 Å². The number of aryl methyl sites for hydroxylation is 1. The van der Waals surface area contributed by atoms with Crippen LogP contribution in [-0.2, 0) is 6.54 Å². The highest BCUT2D eigenvalue weighted by Crippen LogP contribution is 1.96. The summed E-state index contributed by atoms with van der Waals surface area (Å²) in [5.41, 5.74) is 5.28. The fourth-order valence-corrected chi connectivity index (χ4v) is 1.09. The van der Waals surface area contributed by atoms with E-state index in [0.29, 0.717) is 18.8 Å². The maximum atomic E-state index is 11.2. The van der Waals surface area contributed by atoms with E-state index >= 15 is 0 Å². The number of anilines is 1. The molecule has 0 amide bonds. The van der Waals surface area contributed by atoms with Crippen molar-refractivity contribution in [2.75, 3.05) is 5.73 Å². The van der Waals surface area contributed by atoms with Crippen LogP contribution in [0.25, 0.3) is 0 Å². The second-order valence-corrected chi connectivity index (χ2v) is 2.93. The molecule has 0 saturated carbocycles. The summed E-state index contributed by atoms with van der Waals surface area (Å²) in [6, 6.07) is 4.92. The van der Waals surface area contributed by atoms with Crippen molar-refractivity contribution in [2.24, 2.45) is 0 Å². The van der Waals surface area contributed by atoms with E-state index in [9.17, 15) is 4.79 Å². The standard InChI is InChI=1S/C9H12N4O/c10-6-2-1-3-7-13-9(14)5-4-8(11)12-13/h4-5H,1-3,7H2,(H2,11,12). The molecule has 1 rings (SSSR count). The summed E-state index contributed by atoms with van der Waals surface area (Å²) in [7, 11) is 0. The van der Waals surface area contributed by atoms with Gasteiger partial charge in [0.1, 0.15) is 5.82 Å². The third-order valence-corrected chi connectivity index (χ3v) is 1.80. The number of hydrogen-bond donors (Lipinski definition) is 1. The molecule has 0 fully saturated rings. The van der Waals surface area contributed by atoms with E-state index in [1.165, 1.54) is 16.8 Å². The molecule has 0 radical (unpaired) electrons. The smallest absolute Gasteiger partial charge is 0.266 e. The van der Waals surface area contributed by atoms with Gasteiger partial charge in [-0.2, -0.15) is 10.4 Å². The number of hydrogen-bond acceptors (Lipinski definition) is 4. The number of nitrogens with two attached hydrogens (primary N) is 1. The molecule has 2 N–H and O–H groups in total. The largest absolute Gasteiger partial charge is 0.382 e. The van der Waals surface area contributed by atoms with Gasteiger partial charge in [-0.25, -0.2) is 4.68 Å². The summed E-state index contributed by atoms with van der Waals surface area (Å²) in [4.78, 5) is 11.2. The Hall–Kier alpha value is -1.83. The zero-order valence-corrected chi connectivity index (χ0v) is 7.81. The van der Waals surface area contributed by atoms with Crippen molar-refractivity contribution in [1.29, 1.82) is 5.26 Å². The number of rotatable bonds is 4. The first-order valence-corrected chi connectivity index (χ1v) is 4.44. The van der Waals surface area contributed by atoms with E-state index < -0.39 is 0 Å². The quantitative estimate of drug-likeness (QED) is 0.705. The summed E-state index contributed by atoms with van der Waals surface area (Å²) in [6.45, 7) is 0.519. The van der Waals surface area contributed by atoms with Gasteiger partial charge in [-0.05, 0) is 18.9 Å². The normalized spacial score (nSPS) is 9.64. The minimum absolute atomic E-state index is 0.156. The van der Waals surface area contributed by atoms with E-state index in [0.717, 1.165) is 12.8 Å². The van der Waals surface area contributed by atoms with Crippen LogP contribution in [-0.4, -0.2) is 9.78 Å². The van der Waals surface area contributed by atoms with E-state index in [1.807, 2.05) is 6.07 Å². The lowest BCUT2D eigenvalue weighted by molar-refractivity contribution is 0.538. The van der Waals surface area contributed by atoms with Crippen molar-refractivity contribution in [3.05, 3.63) is 22.5 Å². The van der Waals surface area contributed by atoms with Gasteiger partial charge in [0.15, 0.2) is 0 Å². The molecule has 0 unspecified atom stereocenters. The highest BCUT2D eigenvalue weighted by atomic mass is 16.1. The van der Waals surface area contributed by atoms with Crippen LogP contribution in [0.5, 0.6) is 0 Å². The number of nitrogens with zero attached hydrogens (tertiary/aromatic N) is 3. The first kappa shape index (κ1) is 10.3. The van der Waals surface area contributed by atoms with Gasteiger partial charge in [0.05, 0.1) is 6.07 Å². The van der Waals surface area contributed by atoms with Crippen LogP contribution >= 0.6 is 0 Å². The molecule has 0 aliphatic carbocycles. The third-order valence-electron chi connectivity index (χ3n) is 1.80. The summed E-state index contributed by atoms with van der Waals surface area (Å²) >= 11 is 0. The summed E-state index contributed by atoms with van der Waals surface area (Å²) in [6.07, 6.45) is 2.06. The van der Waals surface area contributed by atoms with Crippen LogP contribution in [0.4, 0.5) is 5.82 Å². The summed E-state index contributed by atoms with van der Waals surface area (Å²) < 4.78 is 1.33. The first-order chi connectivity index (χ1) is 6.74. The van der Waals surface area contributed by atoms with Crippen LogP contribution < -0.4 is 11.3 Å². The second-order valence-electron chi connectivity index (χ2n) is 2.93. The molecular formula is C9H12N4O. The molecule has 0 aliphatic heterocycles. The maximum absolute atomic E-state index is 11.2. The Labute approximate surface area is 81.8 Å². The molecule has 0 atom stereocenters. The average Bonchev–Trinajstić information content (AvgIpc) is 2.18. The number of aromatic nitrogens is 2. The molecule has 0 aliphatic rings. The van der Waals surface area contributed by atoms with Gasteiger partial charge in [-0.1, -0.05) is 0 Å². The van der Waals surface area contributed by atoms with E-state index in [2.05, 4.69) is 5.10 Å². The Morgan fingerprint density at radius 3 is 3.00 bits per heavy atom. The monoisotopic (exact) mass is 192 g/mol. The topological polar surface area (TPSA) is 84.7 Å². The Morgan fingerprint density at radius 1 is 1.50 bits per heavy atom. The lowest BCUT2D eigenvalue weighted by atomic mass is 10.2. The fourth-order valence-electron chi connectivity index (χ4n) is 1.09. The lowest BCUT2D eigenvalue weighted by Gasteiger charge is -2.02. The molecule has 1 aromatic heterocycles. The molecule has 0 saturated heterocycles. The van der Waals surface area contributed by atoms with Gasteiger partial charge < -0.3 is 5.73 Å². The maximum Gasteiger partial charge on any atom is 0.266 e. The van der Waals surface area contributed by atoms with E-state index in [-0.39, 0.29) is 5.56 Å². The molecule has 0 bridgehead atoms. The average molecular weight is 192 g/mol. The highest BCUT2D eigenvalue weighted by Gasteiger charge is 1.97. The van der Waals surface area contributed by atoms with Crippen molar-refractivity contribution < 1.29 is 0 Å². The molecule has 1 heterocycles. The van der Waals surface area contributed by atoms with Gasteiger partial charge in [0.25, 0.3) is 5.56 Å². The molecule has 5 heteroatoms. The van der Waals surface area contributed by atoms with Crippen molar-refractivity contribution in [1.82, 2.24) is 9.78 Å².